The first kappa shape index (κ1) is 23.7. The van der Waals surface area contributed by atoms with E-state index in [9.17, 15) is 4.79 Å². The Bertz CT molecular complexity index is 1100. The van der Waals surface area contributed by atoms with Gasteiger partial charge in [-0.25, -0.2) is 0 Å². The smallest absolute Gasteiger partial charge is 0.257 e. The number of piperazine rings is 1. The summed E-state index contributed by atoms with van der Waals surface area (Å²) in [7, 11) is 0. The van der Waals surface area contributed by atoms with Gasteiger partial charge in [0, 0.05) is 16.9 Å². The summed E-state index contributed by atoms with van der Waals surface area (Å²) < 4.78 is 5.82. The van der Waals surface area contributed by atoms with Crippen LogP contribution in [0.2, 0.25) is 0 Å². The number of nitrogens with one attached hydrogen (secondary N) is 3. The van der Waals surface area contributed by atoms with Crippen LogP contribution in [0.25, 0.3) is 0 Å². The van der Waals surface area contributed by atoms with Crippen LogP contribution in [0.15, 0.2) is 78.9 Å². The van der Waals surface area contributed by atoms with Gasteiger partial charge < -0.3 is 19.9 Å². The largest absolute Gasteiger partial charge is 0.489 e. The molecule has 176 valence electrons. The second-order valence-corrected chi connectivity index (χ2v) is 8.76. The van der Waals surface area contributed by atoms with Crippen LogP contribution in [0.5, 0.6) is 5.75 Å². The van der Waals surface area contributed by atoms with Gasteiger partial charge >= 0.3 is 0 Å². The van der Waals surface area contributed by atoms with Crippen molar-refractivity contribution >= 4 is 34.6 Å². The fourth-order valence-electron chi connectivity index (χ4n) is 4.00. The monoisotopic (exact) mass is 475 g/mol. The number of carbonyl (C=O) groups excluding carboxylic acids is 1. The van der Waals surface area contributed by atoms with E-state index in [-0.39, 0.29) is 11.0 Å². The van der Waals surface area contributed by atoms with Crippen molar-refractivity contribution in [2.45, 2.75) is 13.5 Å². The van der Waals surface area contributed by atoms with Crippen molar-refractivity contribution in [3.05, 3.63) is 90.0 Å². The molecule has 1 aliphatic rings. The van der Waals surface area contributed by atoms with Gasteiger partial charge in [0.15, 0.2) is 5.11 Å². The normalized spacial score (nSPS) is 13.9. The van der Waals surface area contributed by atoms with E-state index in [1.54, 1.807) is 23.1 Å². The average Bonchev–Trinajstić information content (AvgIpc) is 2.89. The Labute approximate surface area is 206 Å². The van der Waals surface area contributed by atoms with Crippen molar-refractivity contribution in [3.63, 3.8) is 0 Å². The highest BCUT2D eigenvalue weighted by atomic mass is 32.1. The summed E-state index contributed by atoms with van der Waals surface area (Å²) in [5.74, 6) is 0.350. The first-order valence-electron chi connectivity index (χ1n) is 11.7. The van der Waals surface area contributed by atoms with Gasteiger partial charge in [0.1, 0.15) is 12.4 Å². The third-order valence-corrected chi connectivity index (χ3v) is 6.24. The molecule has 0 unspecified atom stereocenters. The van der Waals surface area contributed by atoms with E-state index in [0.717, 1.165) is 24.3 Å². The third-order valence-electron chi connectivity index (χ3n) is 6.03. The molecule has 4 rings (SSSR count). The maximum atomic E-state index is 12.7. The summed E-state index contributed by atoms with van der Waals surface area (Å²) in [4.78, 5) is 16.7. The fourth-order valence-corrected chi connectivity index (χ4v) is 4.21. The fraction of sp³-hybridized carbons (Fsp3) is 0.259. The maximum absolute atomic E-state index is 12.7. The number of ether oxygens (including phenoxy) is 1. The van der Waals surface area contributed by atoms with Gasteiger partial charge in [-0.3, -0.25) is 10.1 Å². The molecule has 1 aliphatic heterocycles. The highest BCUT2D eigenvalue weighted by Crippen LogP contribution is 2.18. The topological polar surface area (TPSA) is 58.0 Å². The summed E-state index contributed by atoms with van der Waals surface area (Å²) in [6, 6.07) is 25.2. The standard InChI is InChI=1S/C27H30N4O2S/c1-2-30-15-17-31(18-16-30)24-13-11-23(12-14-24)28-27(34)29-26(32)22-9-6-10-25(19-22)33-20-21-7-4-3-5-8-21/h3-14,19H,2,15-18,20H2,1H3,(H2,28,29,32,34)/p+1. The summed E-state index contributed by atoms with van der Waals surface area (Å²) in [5, 5.41) is 6.10. The van der Waals surface area contributed by atoms with Gasteiger partial charge in [-0.2, -0.15) is 0 Å². The number of benzene rings is 3. The molecule has 1 fully saturated rings. The number of rotatable bonds is 7. The van der Waals surface area contributed by atoms with Crippen LogP contribution in [-0.4, -0.2) is 43.7 Å². The van der Waals surface area contributed by atoms with Crippen molar-refractivity contribution < 1.29 is 14.4 Å². The van der Waals surface area contributed by atoms with Crippen LogP contribution >= 0.6 is 12.2 Å². The Morgan fingerprint density at radius 3 is 2.44 bits per heavy atom. The molecular formula is C27H31N4O2S+. The van der Waals surface area contributed by atoms with Crippen LogP contribution in [-0.2, 0) is 6.61 Å². The number of nitrogens with zero attached hydrogens (tertiary/aromatic N) is 1. The minimum atomic E-state index is -0.282. The number of quaternary nitrogens is 1. The van der Waals surface area contributed by atoms with Crippen molar-refractivity contribution in [2.24, 2.45) is 0 Å². The Kier molecular flexibility index (Phi) is 8.12. The van der Waals surface area contributed by atoms with E-state index in [1.165, 1.54) is 25.3 Å². The summed E-state index contributed by atoms with van der Waals surface area (Å²) in [6.07, 6.45) is 0. The zero-order chi connectivity index (χ0) is 23.8. The lowest BCUT2D eigenvalue weighted by molar-refractivity contribution is -0.898. The SMILES string of the molecule is CC[NH+]1CCN(c2ccc(NC(=S)NC(=O)c3cccc(OCc4ccccc4)c3)cc2)CC1. The molecule has 0 atom stereocenters. The average molecular weight is 476 g/mol. The molecule has 0 aliphatic carbocycles. The Balaban J connectivity index is 1.28. The molecule has 3 aromatic carbocycles. The van der Waals surface area contributed by atoms with E-state index >= 15 is 0 Å². The zero-order valence-electron chi connectivity index (χ0n) is 19.4. The molecule has 3 N–H and O–H groups in total. The van der Waals surface area contributed by atoms with Gasteiger partial charge in [0.05, 0.1) is 32.7 Å². The number of likely N-dealkylation sites (N-methyl/N-ethyl adjacent to an activating group) is 1. The Morgan fingerprint density at radius 1 is 1.00 bits per heavy atom. The number of hydrogen-bond donors (Lipinski definition) is 3. The van der Waals surface area contributed by atoms with E-state index in [0.29, 0.717) is 17.9 Å². The molecule has 7 heteroatoms. The number of amides is 1. The van der Waals surface area contributed by atoms with Crippen molar-refractivity contribution in [2.75, 3.05) is 42.9 Å². The quantitative estimate of drug-likeness (QED) is 0.459. The van der Waals surface area contributed by atoms with E-state index in [1.807, 2.05) is 48.5 Å². The van der Waals surface area contributed by atoms with Crippen LogP contribution in [0.3, 0.4) is 0 Å². The van der Waals surface area contributed by atoms with Crippen LogP contribution in [0.4, 0.5) is 11.4 Å². The lowest BCUT2D eigenvalue weighted by Gasteiger charge is -2.33. The van der Waals surface area contributed by atoms with Crippen molar-refractivity contribution in [3.8, 4) is 5.75 Å². The van der Waals surface area contributed by atoms with Gasteiger partial charge in [-0.05, 0) is 67.2 Å². The summed E-state index contributed by atoms with van der Waals surface area (Å²) in [6.45, 7) is 8.35. The lowest BCUT2D eigenvalue weighted by atomic mass is 10.2. The molecule has 1 amide bonds. The molecule has 0 saturated carbocycles. The predicted octanol–water partition coefficient (Wildman–Crippen LogP) is 3.12. The Morgan fingerprint density at radius 2 is 1.74 bits per heavy atom. The number of hydrogen-bond acceptors (Lipinski definition) is 4. The molecule has 6 nitrogen and oxygen atoms in total. The summed E-state index contributed by atoms with van der Waals surface area (Å²) in [5.41, 5.74) is 3.60. The van der Waals surface area contributed by atoms with Crippen LogP contribution in [0.1, 0.15) is 22.8 Å². The van der Waals surface area contributed by atoms with Gasteiger partial charge in [-0.15, -0.1) is 0 Å². The molecular weight excluding hydrogens is 444 g/mol. The number of carbonyl (C=O) groups is 1. The van der Waals surface area contributed by atoms with Gasteiger partial charge in [-0.1, -0.05) is 36.4 Å². The molecule has 3 aromatic rings. The lowest BCUT2D eigenvalue weighted by Crippen LogP contribution is -3.14. The summed E-state index contributed by atoms with van der Waals surface area (Å²) >= 11 is 5.36. The molecule has 0 aromatic heterocycles. The first-order chi connectivity index (χ1) is 16.6. The van der Waals surface area contributed by atoms with Crippen LogP contribution in [0, 0.1) is 0 Å². The van der Waals surface area contributed by atoms with Crippen LogP contribution < -0.4 is 25.2 Å². The maximum Gasteiger partial charge on any atom is 0.257 e. The molecule has 0 radical (unpaired) electrons. The molecule has 1 heterocycles. The molecule has 34 heavy (non-hydrogen) atoms. The Hall–Kier alpha value is -3.42. The number of thiocarbonyl (C=S) groups is 1. The molecule has 0 spiro atoms. The third kappa shape index (κ3) is 6.56. The highest BCUT2D eigenvalue weighted by molar-refractivity contribution is 7.80. The van der Waals surface area contributed by atoms with E-state index in [4.69, 9.17) is 17.0 Å². The zero-order valence-corrected chi connectivity index (χ0v) is 20.2. The highest BCUT2D eigenvalue weighted by Gasteiger charge is 2.18. The number of anilines is 2. The molecule has 0 bridgehead atoms. The second-order valence-electron chi connectivity index (χ2n) is 8.35. The minimum Gasteiger partial charge on any atom is -0.489 e. The minimum absolute atomic E-state index is 0.258. The van der Waals surface area contributed by atoms with Gasteiger partial charge in [0.2, 0.25) is 0 Å². The van der Waals surface area contributed by atoms with Crippen molar-refractivity contribution in [1.29, 1.82) is 0 Å². The van der Waals surface area contributed by atoms with E-state index < -0.39 is 0 Å². The molecule has 1 saturated heterocycles. The second kappa shape index (κ2) is 11.6. The predicted molar refractivity (Wildman–Crippen MR) is 141 cm³/mol. The first-order valence-corrected chi connectivity index (χ1v) is 12.1. The van der Waals surface area contributed by atoms with Crippen molar-refractivity contribution in [1.82, 2.24) is 5.32 Å². The van der Waals surface area contributed by atoms with E-state index in [2.05, 4.69) is 34.6 Å². The van der Waals surface area contributed by atoms with Gasteiger partial charge in [0.25, 0.3) is 5.91 Å².